The highest BCUT2D eigenvalue weighted by atomic mass is 79.9. The average Bonchev–Trinajstić information content (AvgIpc) is 2.77. The third-order valence-electron chi connectivity index (χ3n) is 2.31. The van der Waals surface area contributed by atoms with Crippen LogP contribution >= 0.6 is 15.9 Å². The molecule has 0 aliphatic carbocycles. The van der Waals surface area contributed by atoms with E-state index in [0.29, 0.717) is 12.1 Å². The first-order valence-electron chi connectivity index (χ1n) is 5.23. The molecule has 1 aromatic heterocycles. The largest absolute Gasteiger partial charge is 0.467 e. The van der Waals surface area contributed by atoms with Gasteiger partial charge in [-0.05, 0) is 42.8 Å². The molecule has 0 radical (unpaired) electrons. The zero-order valence-electron chi connectivity index (χ0n) is 9.37. The molecule has 0 spiro atoms. The maximum Gasteiger partial charge on any atom is 0.251 e. The van der Waals surface area contributed by atoms with E-state index in [-0.39, 0.29) is 5.91 Å². The summed E-state index contributed by atoms with van der Waals surface area (Å²) in [6.07, 6.45) is 1.59. The number of rotatable bonds is 3. The maximum absolute atomic E-state index is 11.9. The molecule has 2 rings (SSSR count). The number of aryl methyl sites for hydroxylation is 1. The predicted octanol–water partition coefficient (Wildman–Crippen LogP) is 3.28. The quantitative estimate of drug-likeness (QED) is 0.944. The van der Waals surface area contributed by atoms with Crippen LogP contribution in [0.2, 0.25) is 0 Å². The molecule has 17 heavy (non-hydrogen) atoms. The lowest BCUT2D eigenvalue weighted by molar-refractivity contribution is 0.0948. The number of hydrogen-bond donors (Lipinski definition) is 1. The van der Waals surface area contributed by atoms with E-state index in [1.807, 2.05) is 25.1 Å². The first-order chi connectivity index (χ1) is 8.15. The smallest absolute Gasteiger partial charge is 0.251 e. The van der Waals surface area contributed by atoms with Gasteiger partial charge in [0.15, 0.2) is 0 Å². The van der Waals surface area contributed by atoms with Gasteiger partial charge < -0.3 is 9.73 Å². The zero-order chi connectivity index (χ0) is 12.3. The molecule has 0 aliphatic rings. The van der Waals surface area contributed by atoms with Crippen molar-refractivity contribution in [3.63, 3.8) is 0 Å². The number of amides is 1. The zero-order valence-corrected chi connectivity index (χ0v) is 11.0. The molecule has 1 amide bonds. The molecule has 2 aromatic rings. The molecule has 0 bridgehead atoms. The van der Waals surface area contributed by atoms with Gasteiger partial charge in [0.2, 0.25) is 0 Å². The van der Waals surface area contributed by atoms with Gasteiger partial charge in [-0.3, -0.25) is 4.79 Å². The molecular weight excluding hydrogens is 282 g/mol. The highest BCUT2D eigenvalue weighted by Gasteiger charge is 2.07. The molecule has 0 saturated carbocycles. The van der Waals surface area contributed by atoms with Gasteiger partial charge in [-0.2, -0.15) is 0 Å². The lowest BCUT2D eigenvalue weighted by atomic mass is 10.1. The molecular formula is C13H12BrNO2. The SMILES string of the molecule is Cc1cc(Br)cc(C(=O)NCc2ccco2)c1. The summed E-state index contributed by atoms with van der Waals surface area (Å²) >= 11 is 3.37. The van der Waals surface area contributed by atoms with Crippen LogP contribution in [0.25, 0.3) is 0 Å². The standard InChI is InChI=1S/C13H12BrNO2/c1-9-5-10(7-11(14)6-9)13(16)15-8-12-3-2-4-17-12/h2-7H,8H2,1H3,(H,15,16). The van der Waals surface area contributed by atoms with Gasteiger partial charge in [-0.25, -0.2) is 0 Å². The first kappa shape index (κ1) is 11.9. The molecule has 1 N–H and O–H groups in total. The number of halogens is 1. The van der Waals surface area contributed by atoms with Crippen LogP contribution in [0.4, 0.5) is 0 Å². The fraction of sp³-hybridized carbons (Fsp3) is 0.154. The summed E-state index contributed by atoms with van der Waals surface area (Å²) in [6.45, 7) is 2.35. The van der Waals surface area contributed by atoms with Gasteiger partial charge in [0.25, 0.3) is 5.91 Å². The minimum absolute atomic E-state index is 0.106. The third-order valence-corrected chi connectivity index (χ3v) is 2.77. The van der Waals surface area contributed by atoms with Gasteiger partial charge in [-0.15, -0.1) is 0 Å². The van der Waals surface area contributed by atoms with Crippen molar-refractivity contribution >= 4 is 21.8 Å². The van der Waals surface area contributed by atoms with Gasteiger partial charge >= 0.3 is 0 Å². The molecule has 1 aromatic carbocycles. The number of carbonyl (C=O) groups excluding carboxylic acids is 1. The van der Waals surface area contributed by atoms with E-state index >= 15 is 0 Å². The van der Waals surface area contributed by atoms with E-state index in [2.05, 4.69) is 21.2 Å². The molecule has 88 valence electrons. The van der Waals surface area contributed by atoms with E-state index in [9.17, 15) is 4.79 Å². The van der Waals surface area contributed by atoms with Crippen molar-refractivity contribution in [1.29, 1.82) is 0 Å². The highest BCUT2D eigenvalue weighted by molar-refractivity contribution is 9.10. The van der Waals surface area contributed by atoms with Crippen molar-refractivity contribution < 1.29 is 9.21 Å². The number of nitrogens with one attached hydrogen (secondary N) is 1. The second kappa shape index (κ2) is 5.19. The Labute approximate surface area is 108 Å². The van der Waals surface area contributed by atoms with Crippen LogP contribution in [0.1, 0.15) is 21.7 Å². The number of furan rings is 1. The van der Waals surface area contributed by atoms with Gasteiger partial charge in [0, 0.05) is 10.0 Å². The molecule has 0 atom stereocenters. The second-order valence-corrected chi connectivity index (χ2v) is 4.69. The summed E-state index contributed by atoms with van der Waals surface area (Å²) < 4.78 is 6.05. The Balaban J connectivity index is 2.04. The van der Waals surface area contributed by atoms with E-state index in [0.717, 1.165) is 15.8 Å². The fourth-order valence-corrected chi connectivity index (χ4v) is 2.16. The lowest BCUT2D eigenvalue weighted by Gasteiger charge is -2.05. The molecule has 3 nitrogen and oxygen atoms in total. The molecule has 0 saturated heterocycles. The van der Waals surface area contributed by atoms with Gasteiger partial charge in [-0.1, -0.05) is 15.9 Å². The first-order valence-corrected chi connectivity index (χ1v) is 6.02. The highest BCUT2D eigenvalue weighted by Crippen LogP contribution is 2.15. The maximum atomic E-state index is 11.9. The van der Waals surface area contributed by atoms with Gasteiger partial charge in [0.1, 0.15) is 5.76 Å². The second-order valence-electron chi connectivity index (χ2n) is 3.78. The van der Waals surface area contributed by atoms with Crippen LogP contribution in [-0.2, 0) is 6.54 Å². The van der Waals surface area contributed by atoms with Crippen LogP contribution in [0, 0.1) is 6.92 Å². The molecule has 4 heteroatoms. The minimum Gasteiger partial charge on any atom is -0.467 e. The monoisotopic (exact) mass is 293 g/mol. The Morgan fingerprint density at radius 3 is 2.88 bits per heavy atom. The Bertz CT molecular complexity index is 500. The molecule has 0 fully saturated rings. The predicted molar refractivity (Wildman–Crippen MR) is 68.8 cm³/mol. The normalized spacial score (nSPS) is 10.2. The number of hydrogen-bond acceptors (Lipinski definition) is 2. The van der Waals surface area contributed by atoms with Crippen molar-refractivity contribution in [1.82, 2.24) is 5.32 Å². The Hall–Kier alpha value is -1.55. The Kier molecular flexibility index (Phi) is 3.64. The lowest BCUT2D eigenvalue weighted by Crippen LogP contribution is -2.22. The summed E-state index contributed by atoms with van der Waals surface area (Å²) in [5.41, 5.74) is 1.69. The summed E-state index contributed by atoms with van der Waals surface area (Å²) in [7, 11) is 0. The van der Waals surface area contributed by atoms with Crippen molar-refractivity contribution in [2.45, 2.75) is 13.5 Å². The summed E-state index contributed by atoms with van der Waals surface area (Å²) in [4.78, 5) is 11.9. The molecule has 0 aliphatic heterocycles. The van der Waals surface area contributed by atoms with Crippen molar-refractivity contribution in [3.8, 4) is 0 Å². The fourth-order valence-electron chi connectivity index (χ4n) is 1.55. The van der Waals surface area contributed by atoms with Crippen LogP contribution in [0.15, 0.2) is 45.5 Å². The summed E-state index contributed by atoms with van der Waals surface area (Å²) in [5.74, 6) is 0.635. The molecule has 1 heterocycles. The summed E-state index contributed by atoms with van der Waals surface area (Å²) in [6, 6.07) is 9.23. The Morgan fingerprint density at radius 1 is 1.41 bits per heavy atom. The summed E-state index contributed by atoms with van der Waals surface area (Å²) in [5, 5.41) is 2.80. The molecule has 0 unspecified atom stereocenters. The van der Waals surface area contributed by atoms with E-state index in [4.69, 9.17) is 4.42 Å². The van der Waals surface area contributed by atoms with Crippen LogP contribution in [-0.4, -0.2) is 5.91 Å². The van der Waals surface area contributed by atoms with Crippen LogP contribution in [0.5, 0.6) is 0 Å². The van der Waals surface area contributed by atoms with Crippen molar-refractivity contribution in [2.75, 3.05) is 0 Å². The van der Waals surface area contributed by atoms with Crippen LogP contribution in [0.3, 0.4) is 0 Å². The van der Waals surface area contributed by atoms with E-state index in [1.54, 1.807) is 18.4 Å². The van der Waals surface area contributed by atoms with E-state index < -0.39 is 0 Å². The number of carbonyl (C=O) groups is 1. The third kappa shape index (κ3) is 3.20. The van der Waals surface area contributed by atoms with Crippen molar-refractivity contribution in [3.05, 3.63) is 58.0 Å². The Morgan fingerprint density at radius 2 is 2.24 bits per heavy atom. The minimum atomic E-state index is -0.106. The van der Waals surface area contributed by atoms with Crippen molar-refractivity contribution in [2.24, 2.45) is 0 Å². The topological polar surface area (TPSA) is 42.2 Å². The number of benzene rings is 1. The average molecular weight is 294 g/mol. The van der Waals surface area contributed by atoms with Gasteiger partial charge in [0.05, 0.1) is 12.8 Å². The van der Waals surface area contributed by atoms with Crippen LogP contribution < -0.4 is 5.32 Å². The van der Waals surface area contributed by atoms with E-state index in [1.165, 1.54) is 0 Å².